The Hall–Kier alpha value is -3.54. The molecule has 0 aliphatic carbocycles. The molecule has 0 spiro atoms. The number of carbonyl (C=O) groups is 2. The number of hydrogen-bond donors (Lipinski definition) is 2. The highest BCUT2D eigenvalue weighted by Gasteiger charge is 2.13. The van der Waals surface area contributed by atoms with Crippen LogP contribution < -0.4 is 11.1 Å². The van der Waals surface area contributed by atoms with E-state index >= 15 is 0 Å². The van der Waals surface area contributed by atoms with Crippen molar-refractivity contribution in [1.29, 1.82) is 0 Å². The Morgan fingerprint density at radius 3 is 2.28 bits per heavy atom. The number of hydrogen-bond acceptors (Lipinski definition) is 4. The Labute approximate surface area is 144 Å². The predicted molar refractivity (Wildman–Crippen MR) is 95.1 cm³/mol. The topological polar surface area (TPSA) is 98.0 Å². The van der Waals surface area contributed by atoms with Crippen LogP contribution in [0.3, 0.4) is 0 Å². The van der Waals surface area contributed by atoms with Crippen molar-refractivity contribution in [3.05, 3.63) is 77.6 Å². The van der Waals surface area contributed by atoms with Gasteiger partial charge in [0.25, 0.3) is 5.91 Å². The minimum Gasteiger partial charge on any atom is -0.366 e. The van der Waals surface area contributed by atoms with Crippen molar-refractivity contribution in [3.8, 4) is 11.4 Å². The van der Waals surface area contributed by atoms with E-state index in [-0.39, 0.29) is 5.91 Å². The van der Waals surface area contributed by atoms with E-state index in [1.807, 2.05) is 30.3 Å². The fourth-order valence-corrected chi connectivity index (χ4v) is 2.33. The largest absolute Gasteiger partial charge is 0.366 e. The second kappa shape index (κ2) is 6.92. The van der Waals surface area contributed by atoms with Gasteiger partial charge in [0.2, 0.25) is 5.91 Å². The number of nitrogens with zero attached hydrogens (tertiary/aromatic N) is 2. The molecule has 6 nitrogen and oxygen atoms in total. The second-order valence-corrected chi connectivity index (χ2v) is 5.45. The number of rotatable bonds is 4. The average molecular weight is 332 g/mol. The van der Waals surface area contributed by atoms with Crippen LogP contribution in [0.15, 0.2) is 60.8 Å². The van der Waals surface area contributed by atoms with Gasteiger partial charge in [-0.05, 0) is 31.2 Å². The zero-order chi connectivity index (χ0) is 17.8. The van der Waals surface area contributed by atoms with Crippen LogP contribution in [0.25, 0.3) is 11.4 Å². The number of primary amides is 1. The first-order chi connectivity index (χ1) is 12.0. The van der Waals surface area contributed by atoms with Gasteiger partial charge >= 0.3 is 0 Å². The standard InChI is InChI=1S/C19H16N4O2/c1-12-16(11-21-18(22-12)14-5-3-2-4-6-14)19(25)23-15-9-7-13(8-10-15)17(20)24/h2-11H,1H3,(H2,20,24)(H,23,25). The fourth-order valence-electron chi connectivity index (χ4n) is 2.33. The van der Waals surface area contributed by atoms with Crippen LogP contribution in [0.4, 0.5) is 5.69 Å². The Bertz CT molecular complexity index is 922. The summed E-state index contributed by atoms with van der Waals surface area (Å²) in [4.78, 5) is 32.2. The van der Waals surface area contributed by atoms with Crippen molar-refractivity contribution in [1.82, 2.24) is 9.97 Å². The summed E-state index contributed by atoms with van der Waals surface area (Å²) in [6.07, 6.45) is 1.51. The smallest absolute Gasteiger partial charge is 0.259 e. The molecule has 6 heteroatoms. The number of aromatic nitrogens is 2. The Morgan fingerprint density at radius 2 is 1.68 bits per heavy atom. The minimum atomic E-state index is -0.515. The molecule has 3 rings (SSSR count). The third kappa shape index (κ3) is 3.69. The summed E-state index contributed by atoms with van der Waals surface area (Å²) in [5.74, 6) is -0.261. The molecule has 0 aliphatic rings. The van der Waals surface area contributed by atoms with Gasteiger partial charge in [-0.15, -0.1) is 0 Å². The maximum Gasteiger partial charge on any atom is 0.259 e. The maximum atomic E-state index is 12.4. The van der Waals surface area contributed by atoms with Crippen LogP contribution in [-0.4, -0.2) is 21.8 Å². The van der Waals surface area contributed by atoms with Crippen molar-refractivity contribution >= 4 is 17.5 Å². The summed E-state index contributed by atoms with van der Waals surface area (Å²) in [5, 5.41) is 2.75. The Balaban J connectivity index is 1.79. The average Bonchev–Trinajstić information content (AvgIpc) is 2.62. The van der Waals surface area contributed by atoms with E-state index in [4.69, 9.17) is 5.73 Å². The lowest BCUT2D eigenvalue weighted by molar-refractivity contribution is 0.0998. The molecule has 0 saturated carbocycles. The van der Waals surface area contributed by atoms with E-state index in [0.717, 1.165) is 5.56 Å². The highest BCUT2D eigenvalue weighted by Crippen LogP contribution is 2.17. The molecular formula is C19H16N4O2. The van der Waals surface area contributed by atoms with Gasteiger partial charge in [-0.2, -0.15) is 0 Å². The van der Waals surface area contributed by atoms with E-state index in [9.17, 15) is 9.59 Å². The summed E-state index contributed by atoms with van der Waals surface area (Å²) in [6, 6.07) is 15.9. The first-order valence-electron chi connectivity index (χ1n) is 7.65. The van der Waals surface area contributed by atoms with Gasteiger partial charge < -0.3 is 11.1 Å². The molecule has 0 fully saturated rings. The minimum absolute atomic E-state index is 0.316. The van der Waals surface area contributed by atoms with Crippen LogP contribution in [0.2, 0.25) is 0 Å². The highest BCUT2D eigenvalue weighted by molar-refractivity contribution is 6.05. The first kappa shape index (κ1) is 16.3. The number of carbonyl (C=O) groups excluding carboxylic acids is 2. The number of amides is 2. The van der Waals surface area contributed by atoms with Crippen molar-refractivity contribution < 1.29 is 9.59 Å². The SMILES string of the molecule is Cc1nc(-c2ccccc2)ncc1C(=O)Nc1ccc(C(N)=O)cc1. The molecule has 0 aliphatic heterocycles. The predicted octanol–water partition coefficient (Wildman–Crippen LogP) is 2.80. The summed E-state index contributed by atoms with van der Waals surface area (Å²) < 4.78 is 0. The van der Waals surface area contributed by atoms with Crippen LogP contribution in [0.5, 0.6) is 0 Å². The lowest BCUT2D eigenvalue weighted by Crippen LogP contribution is -2.15. The van der Waals surface area contributed by atoms with Gasteiger partial charge in [-0.25, -0.2) is 9.97 Å². The molecule has 3 N–H and O–H groups in total. The molecule has 25 heavy (non-hydrogen) atoms. The molecule has 0 saturated heterocycles. The van der Waals surface area contributed by atoms with Crippen LogP contribution in [0.1, 0.15) is 26.4 Å². The number of benzene rings is 2. The monoisotopic (exact) mass is 332 g/mol. The van der Waals surface area contributed by atoms with Crippen LogP contribution in [0, 0.1) is 6.92 Å². The summed E-state index contributed by atoms with van der Waals surface area (Å²) in [6.45, 7) is 1.76. The summed E-state index contributed by atoms with van der Waals surface area (Å²) >= 11 is 0. The van der Waals surface area contributed by atoms with E-state index in [0.29, 0.717) is 28.3 Å². The summed E-state index contributed by atoms with van der Waals surface area (Å²) in [7, 11) is 0. The lowest BCUT2D eigenvalue weighted by atomic mass is 10.1. The van der Waals surface area contributed by atoms with E-state index in [2.05, 4.69) is 15.3 Å². The highest BCUT2D eigenvalue weighted by atomic mass is 16.2. The zero-order valence-corrected chi connectivity index (χ0v) is 13.6. The molecule has 0 bridgehead atoms. The molecule has 2 aromatic carbocycles. The Morgan fingerprint density at radius 1 is 1.00 bits per heavy atom. The van der Waals surface area contributed by atoms with Crippen molar-refractivity contribution in [2.45, 2.75) is 6.92 Å². The lowest BCUT2D eigenvalue weighted by Gasteiger charge is -2.09. The Kier molecular flexibility index (Phi) is 4.52. The first-order valence-corrected chi connectivity index (χ1v) is 7.65. The maximum absolute atomic E-state index is 12.4. The quantitative estimate of drug-likeness (QED) is 0.767. The zero-order valence-electron chi connectivity index (χ0n) is 13.6. The van der Waals surface area contributed by atoms with Gasteiger partial charge in [0.05, 0.1) is 11.3 Å². The molecular weight excluding hydrogens is 316 g/mol. The van der Waals surface area contributed by atoms with Crippen molar-refractivity contribution in [3.63, 3.8) is 0 Å². The molecule has 0 atom stereocenters. The third-order valence-corrected chi connectivity index (χ3v) is 3.68. The van der Waals surface area contributed by atoms with Gasteiger partial charge in [-0.1, -0.05) is 30.3 Å². The van der Waals surface area contributed by atoms with E-state index in [1.165, 1.54) is 6.20 Å². The molecule has 2 amide bonds. The van der Waals surface area contributed by atoms with E-state index < -0.39 is 5.91 Å². The third-order valence-electron chi connectivity index (χ3n) is 3.68. The van der Waals surface area contributed by atoms with E-state index in [1.54, 1.807) is 31.2 Å². The van der Waals surface area contributed by atoms with Gasteiger partial charge in [-0.3, -0.25) is 9.59 Å². The molecule has 124 valence electrons. The van der Waals surface area contributed by atoms with Crippen molar-refractivity contribution in [2.75, 3.05) is 5.32 Å². The van der Waals surface area contributed by atoms with Crippen LogP contribution in [-0.2, 0) is 0 Å². The number of aryl methyl sites for hydroxylation is 1. The molecule has 1 aromatic heterocycles. The number of nitrogens with two attached hydrogens (primary N) is 1. The summed E-state index contributed by atoms with van der Waals surface area (Å²) in [5.41, 5.74) is 7.99. The number of anilines is 1. The molecule has 1 heterocycles. The second-order valence-electron chi connectivity index (χ2n) is 5.45. The van der Waals surface area contributed by atoms with Gasteiger partial charge in [0.15, 0.2) is 5.82 Å². The normalized spacial score (nSPS) is 10.3. The van der Waals surface area contributed by atoms with Gasteiger partial charge in [0, 0.05) is 23.0 Å². The number of nitrogens with one attached hydrogen (secondary N) is 1. The van der Waals surface area contributed by atoms with Gasteiger partial charge in [0.1, 0.15) is 0 Å². The molecule has 0 unspecified atom stereocenters. The molecule has 0 radical (unpaired) electrons. The molecule has 3 aromatic rings. The fraction of sp³-hybridized carbons (Fsp3) is 0.0526. The van der Waals surface area contributed by atoms with Crippen molar-refractivity contribution in [2.24, 2.45) is 5.73 Å². The van der Waals surface area contributed by atoms with Crippen LogP contribution >= 0.6 is 0 Å².